The Morgan fingerprint density at radius 1 is 0.971 bits per heavy atom. The maximum atomic E-state index is 11.6. The van der Waals surface area contributed by atoms with Gasteiger partial charge < -0.3 is 15.6 Å². The fourth-order valence-electron chi connectivity index (χ4n) is 4.56. The quantitative estimate of drug-likeness (QED) is 0.305. The number of nitro groups is 1. The SMILES string of the molecule is NC1(C(=O)O)CCc2ccc(Oc3ccc([N+](=O)[O-])cc3-c3cccc4ccccc34)cc2C1. The molecule has 0 aliphatic heterocycles. The van der Waals surface area contributed by atoms with E-state index in [9.17, 15) is 20.0 Å². The van der Waals surface area contributed by atoms with Crippen LogP contribution in [0.15, 0.2) is 78.9 Å². The van der Waals surface area contributed by atoms with Crippen molar-refractivity contribution in [1.29, 1.82) is 0 Å². The fraction of sp³-hybridized carbons (Fsp3) is 0.148. The Morgan fingerprint density at radius 3 is 2.56 bits per heavy atom. The van der Waals surface area contributed by atoms with Gasteiger partial charge in [-0.2, -0.15) is 0 Å². The Bertz CT molecular complexity index is 1440. The van der Waals surface area contributed by atoms with Crippen molar-refractivity contribution in [3.63, 3.8) is 0 Å². The number of carboxylic acids is 1. The van der Waals surface area contributed by atoms with Gasteiger partial charge in [-0.3, -0.25) is 14.9 Å². The molecule has 1 unspecified atom stereocenters. The molecule has 0 heterocycles. The molecule has 1 atom stereocenters. The van der Waals surface area contributed by atoms with E-state index < -0.39 is 16.4 Å². The van der Waals surface area contributed by atoms with Gasteiger partial charge in [-0.15, -0.1) is 0 Å². The molecular formula is C27H22N2O5. The van der Waals surface area contributed by atoms with E-state index in [-0.39, 0.29) is 12.1 Å². The van der Waals surface area contributed by atoms with Gasteiger partial charge >= 0.3 is 5.97 Å². The summed E-state index contributed by atoms with van der Waals surface area (Å²) in [4.78, 5) is 22.7. The van der Waals surface area contributed by atoms with Crippen molar-refractivity contribution in [1.82, 2.24) is 0 Å². The topological polar surface area (TPSA) is 116 Å². The van der Waals surface area contributed by atoms with Gasteiger partial charge in [0.1, 0.15) is 17.0 Å². The molecular weight excluding hydrogens is 432 g/mol. The first kappa shape index (κ1) is 21.6. The summed E-state index contributed by atoms with van der Waals surface area (Å²) in [6.45, 7) is 0. The zero-order valence-corrected chi connectivity index (χ0v) is 18.2. The van der Waals surface area contributed by atoms with Crippen LogP contribution in [0.4, 0.5) is 5.69 Å². The van der Waals surface area contributed by atoms with Gasteiger partial charge in [-0.25, -0.2) is 0 Å². The largest absolute Gasteiger partial charge is 0.480 e. The molecule has 0 fully saturated rings. The highest BCUT2D eigenvalue weighted by Crippen LogP contribution is 2.40. The number of ether oxygens (including phenoxy) is 1. The van der Waals surface area contributed by atoms with Crippen molar-refractivity contribution in [2.24, 2.45) is 5.73 Å². The molecule has 170 valence electrons. The Hall–Kier alpha value is -4.23. The van der Waals surface area contributed by atoms with E-state index in [1.165, 1.54) is 12.1 Å². The number of nitrogens with zero attached hydrogens (tertiary/aromatic N) is 1. The molecule has 0 saturated heterocycles. The minimum atomic E-state index is -1.30. The lowest BCUT2D eigenvalue weighted by molar-refractivity contribution is -0.384. The van der Waals surface area contributed by atoms with Crippen LogP contribution >= 0.6 is 0 Å². The molecule has 5 rings (SSSR count). The van der Waals surface area contributed by atoms with Crippen molar-refractivity contribution >= 4 is 22.4 Å². The molecule has 0 aromatic heterocycles. The standard InChI is InChI=1S/C27H22N2O5/c28-27(26(30)31)13-12-17-8-10-21(14-19(17)16-27)34-25-11-9-20(29(32)33)15-24(25)23-7-3-5-18-4-1-2-6-22(18)23/h1-11,14-15H,12-13,16,28H2,(H,30,31). The first-order valence-electron chi connectivity index (χ1n) is 10.9. The summed E-state index contributed by atoms with van der Waals surface area (Å²) in [6, 6.07) is 23.7. The number of nitrogens with two attached hydrogens (primary N) is 1. The van der Waals surface area contributed by atoms with E-state index in [0.717, 1.165) is 27.5 Å². The summed E-state index contributed by atoms with van der Waals surface area (Å²) in [5.74, 6) is -0.0308. The van der Waals surface area contributed by atoms with Crippen LogP contribution in [0.1, 0.15) is 17.5 Å². The third-order valence-electron chi connectivity index (χ3n) is 6.43. The summed E-state index contributed by atoms with van der Waals surface area (Å²) in [5.41, 5.74) is 8.09. The average Bonchev–Trinajstić information content (AvgIpc) is 2.83. The lowest BCUT2D eigenvalue weighted by Crippen LogP contribution is -2.52. The Morgan fingerprint density at radius 2 is 1.76 bits per heavy atom. The summed E-state index contributed by atoms with van der Waals surface area (Å²) in [5, 5.41) is 23.0. The Balaban J connectivity index is 1.58. The first-order valence-corrected chi connectivity index (χ1v) is 10.9. The van der Waals surface area contributed by atoms with Crippen LogP contribution in [0.2, 0.25) is 0 Å². The van der Waals surface area contributed by atoms with Crippen molar-refractivity contribution in [2.45, 2.75) is 24.8 Å². The van der Waals surface area contributed by atoms with Crippen LogP contribution in [-0.2, 0) is 17.6 Å². The molecule has 3 N–H and O–H groups in total. The van der Waals surface area contributed by atoms with Crippen molar-refractivity contribution in [3.8, 4) is 22.6 Å². The number of nitro benzene ring substituents is 1. The van der Waals surface area contributed by atoms with E-state index in [2.05, 4.69) is 0 Å². The Labute approximate surface area is 195 Å². The average molecular weight is 454 g/mol. The smallest absolute Gasteiger partial charge is 0.324 e. The van der Waals surface area contributed by atoms with Crippen LogP contribution < -0.4 is 10.5 Å². The molecule has 0 amide bonds. The molecule has 4 aromatic rings. The number of non-ortho nitro benzene ring substituents is 1. The molecule has 0 bridgehead atoms. The maximum Gasteiger partial charge on any atom is 0.324 e. The lowest BCUT2D eigenvalue weighted by Gasteiger charge is -2.31. The van der Waals surface area contributed by atoms with Gasteiger partial charge in [-0.05, 0) is 58.5 Å². The number of aryl methyl sites for hydroxylation is 1. The second kappa shape index (κ2) is 8.28. The second-order valence-corrected chi connectivity index (χ2v) is 8.63. The van der Waals surface area contributed by atoms with Crippen LogP contribution in [0.5, 0.6) is 11.5 Å². The number of carboxylic acid groups (broad SMARTS) is 1. The number of fused-ring (bicyclic) bond motifs is 2. The van der Waals surface area contributed by atoms with E-state index >= 15 is 0 Å². The molecule has 0 radical (unpaired) electrons. The van der Waals surface area contributed by atoms with Gasteiger partial charge in [0.2, 0.25) is 0 Å². The maximum absolute atomic E-state index is 11.6. The minimum absolute atomic E-state index is 0.0323. The molecule has 0 spiro atoms. The number of aliphatic carboxylic acids is 1. The molecule has 1 aliphatic carbocycles. The van der Waals surface area contributed by atoms with Crippen molar-refractivity contribution < 1.29 is 19.6 Å². The first-order chi connectivity index (χ1) is 16.3. The minimum Gasteiger partial charge on any atom is -0.480 e. The molecule has 7 heteroatoms. The predicted molar refractivity (Wildman–Crippen MR) is 129 cm³/mol. The predicted octanol–water partition coefficient (Wildman–Crippen LogP) is 5.48. The van der Waals surface area contributed by atoms with Gasteiger partial charge in [-0.1, -0.05) is 48.5 Å². The normalized spacial score (nSPS) is 17.2. The molecule has 0 saturated carbocycles. The van der Waals surface area contributed by atoms with E-state index in [1.54, 1.807) is 6.07 Å². The van der Waals surface area contributed by atoms with Crippen LogP contribution in [0.25, 0.3) is 21.9 Å². The number of benzene rings is 4. The highest BCUT2D eigenvalue weighted by Gasteiger charge is 2.37. The fourth-order valence-corrected chi connectivity index (χ4v) is 4.56. The third-order valence-corrected chi connectivity index (χ3v) is 6.43. The van der Waals surface area contributed by atoms with Gasteiger partial charge in [0, 0.05) is 24.1 Å². The summed E-state index contributed by atoms with van der Waals surface area (Å²) >= 11 is 0. The third kappa shape index (κ3) is 3.86. The molecule has 4 aromatic carbocycles. The number of hydrogen-bond donors (Lipinski definition) is 2. The highest BCUT2D eigenvalue weighted by molar-refractivity contribution is 5.98. The number of hydrogen-bond acceptors (Lipinski definition) is 5. The van der Waals surface area contributed by atoms with Crippen LogP contribution in [-0.4, -0.2) is 21.5 Å². The van der Waals surface area contributed by atoms with Crippen LogP contribution in [0, 0.1) is 10.1 Å². The van der Waals surface area contributed by atoms with Crippen molar-refractivity contribution in [2.75, 3.05) is 0 Å². The highest BCUT2D eigenvalue weighted by atomic mass is 16.6. The van der Waals surface area contributed by atoms with E-state index in [1.807, 2.05) is 60.7 Å². The summed E-state index contributed by atoms with van der Waals surface area (Å²) < 4.78 is 6.23. The van der Waals surface area contributed by atoms with E-state index in [0.29, 0.717) is 29.9 Å². The lowest BCUT2D eigenvalue weighted by atomic mass is 9.78. The van der Waals surface area contributed by atoms with Gasteiger partial charge in [0.15, 0.2) is 0 Å². The molecule has 34 heavy (non-hydrogen) atoms. The number of rotatable bonds is 5. The van der Waals surface area contributed by atoms with E-state index in [4.69, 9.17) is 10.5 Å². The second-order valence-electron chi connectivity index (χ2n) is 8.63. The molecule has 1 aliphatic rings. The Kier molecular flexibility index (Phi) is 5.26. The molecule has 7 nitrogen and oxygen atoms in total. The van der Waals surface area contributed by atoms with Crippen molar-refractivity contribution in [3.05, 3.63) is 100 Å². The summed E-state index contributed by atoms with van der Waals surface area (Å²) in [7, 11) is 0. The zero-order valence-electron chi connectivity index (χ0n) is 18.2. The van der Waals surface area contributed by atoms with Crippen LogP contribution in [0.3, 0.4) is 0 Å². The zero-order chi connectivity index (χ0) is 23.9. The van der Waals surface area contributed by atoms with Gasteiger partial charge in [0.25, 0.3) is 5.69 Å². The summed E-state index contributed by atoms with van der Waals surface area (Å²) in [6.07, 6.45) is 1.17. The van der Waals surface area contributed by atoms with Gasteiger partial charge in [0.05, 0.1) is 4.92 Å². The number of carbonyl (C=O) groups is 1. The monoisotopic (exact) mass is 454 g/mol.